The molecule has 0 saturated carbocycles. The first-order valence-electron chi connectivity index (χ1n) is 9.89. The molecule has 0 bridgehead atoms. The van der Waals surface area contributed by atoms with Gasteiger partial charge in [0.15, 0.2) is 0 Å². The Balaban J connectivity index is 1.68. The summed E-state index contributed by atoms with van der Waals surface area (Å²) in [5.74, 6) is 0.388. The Bertz CT molecular complexity index is 1390. The van der Waals surface area contributed by atoms with Gasteiger partial charge < -0.3 is 10.6 Å². The molecule has 160 valence electrons. The number of hydrogen-bond donors (Lipinski definition) is 2. The molecule has 2 heterocycles. The maximum Gasteiger partial charge on any atom is 0.255 e. The molecule has 0 aliphatic carbocycles. The van der Waals surface area contributed by atoms with E-state index in [0.29, 0.717) is 38.0 Å². The average molecular weight is 484 g/mol. The van der Waals surface area contributed by atoms with Crippen molar-refractivity contribution in [2.75, 3.05) is 10.6 Å². The van der Waals surface area contributed by atoms with Crippen LogP contribution in [-0.2, 0) is 4.79 Å². The fourth-order valence-electron chi connectivity index (χ4n) is 4.01. The van der Waals surface area contributed by atoms with Gasteiger partial charge in [0.25, 0.3) is 5.91 Å². The van der Waals surface area contributed by atoms with Crippen LogP contribution in [0.4, 0.5) is 11.6 Å². The largest absolute Gasteiger partial charge is 0.329 e. The molecular formula is C24H17Cl3N4O. The van der Waals surface area contributed by atoms with Crippen LogP contribution in [-0.4, -0.2) is 15.5 Å². The lowest BCUT2D eigenvalue weighted by atomic mass is 9.94. The van der Waals surface area contributed by atoms with Gasteiger partial charge in [-0.05, 0) is 61.0 Å². The van der Waals surface area contributed by atoms with Crippen LogP contribution in [0.3, 0.4) is 0 Å². The Kier molecular flexibility index (Phi) is 5.33. The van der Waals surface area contributed by atoms with E-state index >= 15 is 0 Å². The number of amides is 1. The highest BCUT2D eigenvalue weighted by atomic mass is 35.5. The molecule has 8 heteroatoms. The molecule has 1 atom stereocenters. The van der Waals surface area contributed by atoms with E-state index in [1.807, 2.05) is 41.8 Å². The van der Waals surface area contributed by atoms with Crippen LogP contribution in [0.25, 0.3) is 11.0 Å². The third-order valence-corrected chi connectivity index (χ3v) is 6.25. The molecule has 0 fully saturated rings. The second kappa shape index (κ2) is 8.17. The van der Waals surface area contributed by atoms with Crippen LogP contribution in [0.5, 0.6) is 0 Å². The van der Waals surface area contributed by atoms with Gasteiger partial charge in [0.05, 0.1) is 22.6 Å². The molecule has 3 aromatic carbocycles. The molecule has 1 aliphatic rings. The van der Waals surface area contributed by atoms with E-state index in [1.165, 1.54) is 0 Å². The van der Waals surface area contributed by atoms with Crippen molar-refractivity contribution >= 4 is 63.4 Å². The van der Waals surface area contributed by atoms with Gasteiger partial charge in [0.1, 0.15) is 0 Å². The summed E-state index contributed by atoms with van der Waals surface area (Å²) < 4.78 is 1.99. The molecule has 4 aromatic rings. The predicted molar refractivity (Wildman–Crippen MR) is 131 cm³/mol. The third kappa shape index (κ3) is 3.62. The van der Waals surface area contributed by atoms with Gasteiger partial charge in [0, 0.05) is 26.5 Å². The minimum Gasteiger partial charge on any atom is -0.329 e. The molecule has 32 heavy (non-hydrogen) atoms. The number of imidazole rings is 1. The Morgan fingerprint density at radius 1 is 1.00 bits per heavy atom. The van der Waals surface area contributed by atoms with Crippen LogP contribution >= 0.6 is 34.8 Å². The summed E-state index contributed by atoms with van der Waals surface area (Å²) in [7, 11) is 0. The van der Waals surface area contributed by atoms with E-state index in [0.717, 1.165) is 16.6 Å². The lowest BCUT2D eigenvalue weighted by Gasteiger charge is -2.31. The minimum atomic E-state index is -0.504. The summed E-state index contributed by atoms with van der Waals surface area (Å²) in [6, 6.07) is 19.6. The number of halogens is 3. The monoisotopic (exact) mass is 482 g/mol. The molecule has 1 aromatic heterocycles. The predicted octanol–water partition coefficient (Wildman–Crippen LogP) is 6.92. The average Bonchev–Trinajstić information content (AvgIpc) is 3.12. The fourth-order valence-corrected chi connectivity index (χ4v) is 4.65. The lowest BCUT2D eigenvalue weighted by Crippen LogP contribution is -2.31. The van der Waals surface area contributed by atoms with Gasteiger partial charge in [-0.3, -0.25) is 9.36 Å². The SMILES string of the molecule is CC1=C(C(=O)Nc2ccc(Cl)cc2)C(c2ccc(Cl)cc2Cl)n2c(nc3ccccc32)N1. The Hall–Kier alpha value is -2.99. The van der Waals surface area contributed by atoms with Gasteiger partial charge in [-0.25, -0.2) is 4.98 Å². The van der Waals surface area contributed by atoms with Crippen molar-refractivity contribution in [3.63, 3.8) is 0 Å². The molecule has 1 amide bonds. The van der Waals surface area contributed by atoms with Crippen LogP contribution < -0.4 is 10.6 Å². The number of nitrogens with one attached hydrogen (secondary N) is 2. The summed E-state index contributed by atoms with van der Waals surface area (Å²) in [6.07, 6.45) is 0. The lowest BCUT2D eigenvalue weighted by molar-refractivity contribution is -0.113. The maximum absolute atomic E-state index is 13.5. The number of hydrogen-bond acceptors (Lipinski definition) is 3. The molecule has 2 N–H and O–H groups in total. The normalized spacial score (nSPS) is 15.4. The number of anilines is 2. The number of rotatable bonds is 3. The highest BCUT2D eigenvalue weighted by Gasteiger charge is 2.35. The van der Waals surface area contributed by atoms with Crippen LogP contribution in [0.1, 0.15) is 18.5 Å². The molecule has 5 nitrogen and oxygen atoms in total. The van der Waals surface area contributed by atoms with Gasteiger partial charge in [-0.1, -0.05) is 53.0 Å². The second-order valence-corrected chi connectivity index (χ2v) is 8.77. The van der Waals surface area contributed by atoms with Crippen LogP contribution in [0.2, 0.25) is 15.1 Å². The van der Waals surface area contributed by atoms with E-state index in [-0.39, 0.29) is 5.91 Å². The number of carbonyl (C=O) groups is 1. The quantitative estimate of drug-likeness (QED) is 0.332. The van der Waals surface area contributed by atoms with E-state index in [4.69, 9.17) is 39.8 Å². The second-order valence-electron chi connectivity index (χ2n) is 7.49. The fraction of sp³-hybridized carbons (Fsp3) is 0.0833. The zero-order chi connectivity index (χ0) is 22.4. The summed E-state index contributed by atoms with van der Waals surface area (Å²) >= 11 is 18.8. The maximum atomic E-state index is 13.5. The zero-order valence-electron chi connectivity index (χ0n) is 16.9. The van der Waals surface area contributed by atoms with Crippen molar-refractivity contribution < 1.29 is 4.79 Å². The molecular weight excluding hydrogens is 467 g/mol. The first-order valence-corrected chi connectivity index (χ1v) is 11.0. The summed E-state index contributed by atoms with van der Waals surface area (Å²) in [5.41, 5.74) is 4.31. The zero-order valence-corrected chi connectivity index (χ0v) is 19.1. The van der Waals surface area contributed by atoms with E-state index in [2.05, 4.69) is 10.6 Å². The Morgan fingerprint density at radius 2 is 1.72 bits per heavy atom. The molecule has 0 saturated heterocycles. The summed E-state index contributed by atoms with van der Waals surface area (Å²) in [4.78, 5) is 18.3. The summed E-state index contributed by atoms with van der Waals surface area (Å²) in [5, 5.41) is 7.85. The number of nitrogens with zero attached hydrogens (tertiary/aromatic N) is 2. The number of fused-ring (bicyclic) bond motifs is 3. The molecule has 0 radical (unpaired) electrons. The molecule has 0 spiro atoms. The molecule has 5 rings (SSSR count). The van der Waals surface area contributed by atoms with E-state index < -0.39 is 6.04 Å². The van der Waals surface area contributed by atoms with E-state index in [9.17, 15) is 4.79 Å². The molecule has 1 unspecified atom stereocenters. The smallest absolute Gasteiger partial charge is 0.255 e. The van der Waals surface area contributed by atoms with E-state index in [1.54, 1.807) is 36.4 Å². The van der Waals surface area contributed by atoms with Crippen molar-refractivity contribution in [2.24, 2.45) is 0 Å². The van der Waals surface area contributed by atoms with Gasteiger partial charge in [-0.15, -0.1) is 0 Å². The first-order chi connectivity index (χ1) is 15.4. The van der Waals surface area contributed by atoms with Crippen molar-refractivity contribution in [1.29, 1.82) is 0 Å². The number of allylic oxidation sites excluding steroid dienone is 1. The standard InChI is InChI=1S/C24H17Cl3N4O/c1-13-21(23(32)29-16-9-6-14(25)7-10-16)22(17-11-8-15(26)12-18(17)27)31-20-5-3-2-4-19(20)30-24(31)28-13/h2-12,22H,1H3,(H,28,30)(H,29,32). The number of benzene rings is 3. The Morgan fingerprint density at radius 3 is 2.47 bits per heavy atom. The highest BCUT2D eigenvalue weighted by Crippen LogP contribution is 2.42. The number of aromatic nitrogens is 2. The molecule has 1 aliphatic heterocycles. The van der Waals surface area contributed by atoms with Gasteiger partial charge in [-0.2, -0.15) is 0 Å². The van der Waals surface area contributed by atoms with Crippen molar-refractivity contribution in [3.05, 3.63) is 98.6 Å². The third-order valence-electron chi connectivity index (χ3n) is 5.43. The highest BCUT2D eigenvalue weighted by molar-refractivity contribution is 6.35. The van der Waals surface area contributed by atoms with Crippen molar-refractivity contribution in [3.8, 4) is 0 Å². The van der Waals surface area contributed by atoms with Gasteiger partial charge >= 0.3 is 0 Å². The number of para-hydroxylation sites is 2. The first kappa shape index (κ1) is 20.9. The number of carbonyl (C=O) groups excluding carboxylic acids is 1. The van der Waals surface area contributed by atoms with Crippen LogP contribution in [0.15, 0.2) is 78.0 Å². The van der Waals surface area contributed by atoms with Gasteiger partial charge in [0.2, 0.25) is 5.95 Å². The summed E-state index contributed by atoms with van der Waals surface area (Å²) in [6.45, 7) is 1.86. The Labute approximate surface area is 199 Å². The van der Waals surface area contributed by atoms with Crippen molar-refractivity contribution in [2.45, 2.75) is 13.0 Å². The van der Waals surface area contributed by atoms with Crippen LogP contribution in [0, 0.1) is 0 Å². The minimum absolute atomic E-state index is 0.253. The van der Waals surface area contributed by atoms with Crippen molar-refractivity contribution in [1.82, 2.24) is 9.55 Å². The topological polar surface area (TPSA) is 59.0 Å².